The molecule has 0 radical (unpaired) electrons. The Balaban J connectivity index is 1.26. The van der Waals surface area contributed by atoms with Gasteiger partial charge in [0.1, 0.15) is 5.75 Å². The van der Waals surface area contributed by atoms with Crippen molar-refractivity contribution >= 4 is 22.3 Å². The van der Waals surface area contributed by atoms with Crippen LogP contribution in [0.4, 0.5) is 5.00 Å². The van der Waals surface area contributed by atoms with Crippen molar-refractivity contribution in [3.63, 3.8) is 0 Å². The van der Waals surface area contributed by atoms with Crippen LogP contribution in [0.2, 0.25) is 0 Å². The molecule has 3 rings (SSSR count). The highest BCUT2D eigenvalue weighted by atomic mass is 32.1. The summed E-state index contributed by atoms with van der Waals surface area (Å²) in [5.74, 6) is 1.75. The summed E-state index contributed by atoms with van der Waals surface area (Å²) in [7, 11) is 3.51. The standard InChI is InChI=1S/C22H32N4O2S/c1-23-22(25-19-10-13-26(14-11-19)21-5-3-16-29-21)24-12-4-15-28-17-18-6-8-20(27-2)9-7-18/h3,5-9,16,19H,4,10-15,17H2,1-2H3,(H2,23,24,25). The normalized spacial score (nSPS) is 15.4. The van der Waals surface area contributed by atoms with Crippen LogP contribution in [0.3, 0.4) is 0 Å². The number of benzene rings is 1. The first kappa shape index (κ1) is 21.5. The molecular weight excluding hydrogens is 384 g/mol. The van der Waals surface area contributed by atoms with Gasteiger partial charge in [0.05, 0.1) is 18.7 Å². The Kier molecular flexibility index (Phi) is 8.64. The molecule has 0 spiro atoms. The Morgan fingerprint density at radius 1 is 1.21 bits per heavy atom. The molecule has 158 valence electrons. The van der Waals surface area contributed by atoms with Crippen LogP contribution >= 0.6 is 11.3 Å². The van der Waals surface area contributed by atoms with Gasteiger partial charge in [-0.05, 0) is 54.5 Å². The number of hydrogen-bond donors (Lipinski definition) is 2. The van der Waals surface area contributed by atoms with Crippen molar-refractivity contribution in [3.05, 3.63) is 47.3 Å². The molecular formula is C22H32N4O2S. The number of hydrogen-bond acceptors (Lipinski definition) is 5. The van der Waals surface area contributed by atoms with Gasteiger partial charge in [0.15, 0.2) is 5.96 Å². The molecule has 0 atom stereocenters. The van der Waals surface area contributed by atoms with E-state index in [-0.39, 0.29) is 0 Å². The molecule has 1 aliphatic heterocycles. The largest absolute Gasteiger partial charge is 0.497 e. The SMILES string of the molecule is CN=C(NCCCOCc1ccc(OC)cc1)NC1CCN(c2cccs2)CC1. The second kappa shape index (κ2) is 11.7. The Hall–Kier alpha value is -2.25. The summed E-state index contributed by atoms with van der Waals surface area (Å²) >= 11 is 1.82. The molecule has 0 bridgehead atoms. The van der Waals surface area contributed by atoms with E-state index >= 15 is 0 Å². The molecule has 0 aliphatic carbocycles. The van der Waals surface area contributed by atoms with E-state index < -0.39 is 0 Å². The monoisotopic (exact) mass is 416 g/mol. The summed E-state index contributed by atoms with van der Waals surface area (Å²) < 4.78 is 10.9. The van der Waals surface area contributed by atoms with E-state index in [0.717, 1.165) is 62.8 Å². The first-order chi connectivity index (χ1) is 14.3. The summed E-state index contributed by atoms with van der Waals surface area (Å²) in [5, 5.41) is 10.5. The smallest absolute Gasteiger partial charge is 0.191 e. The molecule has 2 aromatic rings. The third-order valence-corrected chi connectivity index (χ3v) is 5.99. The van der Waals surface area contributed by atoms with E-state index in [4.69, 9.17) is 9.47 Å². The van der Waals surface area contributed by atoms with Gasteiger partial charge in [-0.15, -0.1) is 11.3 Å². The molecule has 7 heteroatoms. The molecule has 0 saturated carbocycles. The fraction of sp³-hybridized carbons (Fsp3) is 0.500. The number of nitrogens with zero attached hydrogens (tertiary/aromatic N) is 2. The molecule has 0 unspecified atom stereocenters. The topological polar surface area (TPSA) is 58.1 Å². The summed E-state index contributed by atoms with van der Waals surface area (Å²) in [4.78, 5) is 6.83. The van der Waals surface area contributed by atoms with Crippen molar-refractivity contribution in [1.29, 1.82) is 0 Å². The molecule has 1 aromatic heterocycles. The minimum atomic E-state index is 0.476. The van der Waals surface area contributed by atoms with Gasteiger partial charge < -0.3 is 25.0 Å². The van der Waals surface area contributed by atoms with Crippen LogP contribution in [0, 0.1) is 0 Å². The lowest BCUT2D eigenvalue weighted by atomic mass is 10.1. The summed E-state index contributed by atoms with van der Waals surface area (Å²) in [5.41, 5.74) is 1.16. The maximum atomic E-state index is 5.76. The van der Waals surface area contributed by atoms with Crippen molar-refractivity contribution in [2.75, 3.05) is 45.3 Å². The second-order valence-electron chi connectivity index (χ2n) is 7.11. The minimum absolute atomic E-state index is 0.476. The van der Waals surface area contributed by atoms with E-state index in [1.165, 1.54) is 5.00 Å². The zero-order chi connectivity index (χ0) is 20.3. The summed E-state index contributed by atoms with van der Waals surface area (Å²) in [6.07, 6.45) is 3.20. The Morgan fingerprint density at radius 2 is 2.00 bits per heavy atom. The third-order valence-electron chi connectivity index (χ3n) is 5.06. The van der Waals surface area contributed by atoms with Crippen LogP contribution in [-0.2, 0) is 11.3 Å². The Morgan fingerprint density at radius 3 is 2.66 bits per heavy atom. The van der Waals surface area contributed by atoms with E-state index in [2.05, 4.69) is 38.0 Å². The molecule has 6 nitrogen and oxygen atoms in total. The number of piperidine rings is 1. The Bertz CT molecular complexity index is 726. The van der Waals surface area contributed by atoms with Gasteiger partial charge in [-0.1, -0.05) is 12.1 Å². The molecule has 2 heterocycles. The van der Waals surface area contributed by atoms with Gasteiger partial charge in [-0.25, -0.2) is 0 Å². The number of nitrogens with one attached hydrogen (secondary N) is 2. The molecule has 1 aromatic carbocycles. The fourth-order valence-corrected chi connectivity index (χ4v) is 4.16. The van der Waals surface area contributed by atoms with E-state index in [1.807, 2.05) is 42.6 Å². The number of thiophene rings is 1. The van der Waals surface area contributed by atoms with Gasteiger partial charge in [0, 0.05) is 39.3 Å². The first-order valence-corrected chi connectivity index (χ1v) is 11.1. The fourth-order valence-electron chi connectivity index (χ4n) is 3.37. The number of rotatable bonds is 9. The van der Waals surface area contributed by atoms with Gasteiger partial charge in [0.25, 0.3) is 0 Å². The van der Waals surface area contributed by atoms with Crippen molar-refractivity contribution in [3.8, 4) is 5.75 Å². The van der Waals surface area contributed by atoms with E-state index in [9.17, 15) is 0 Å². The van der Waals surface area contributed by atoms with Gasteiger partial charge in [0.2, 0.25) is 0 Å². The molecule has 0 amide bonds. The molecule has 2 N–H and O–H groups in total. The maximum Gasteiger partial charge on any atom is 0.191 e. The lowest BCUT2D eigenvalue weighted by molar-refractivity contribution is 0.119. The van der Waals surface area contributed by atoms with Crippen LogP contribution in [0.1, 0.15) is 24.8 Å². The van der Waals surface area contributed by atoms with Crippen LogP contribution < -0.4 is 20.3 Å². The van der Waals surface area contributed by atoms with E-state index in [1.54, 1.807) is 7.11 Å². The number of anilines is 1. The van der Waals surface area contributed by atoms with Crippen LogP contribution in [0.5, 0.6) is 5.75 Å². The highest BCUT2D eigenvalue weighted by Gasteiger charge is 2.20. The highest BCUT2D eigenvalue weighted by Crippen LogP contribution is 2.24. The first-order valence-electron chi connectivity index (χ1n) is 10.2. The lowest BCUT2D eigenvalue weighted by Gasteiger charge is -2.33. The number of methoxy groups -OCH3 is 1. The average molecular weight is 417 g/mol. The quantitative estimate of drug-likeness (QED) is 0.372. The van der Waals surface area contributed by atoms with Crippen LogP contribution in [0.15, 0.2) is 46.8 Å². The maximum absolute atomic E-state index is 5.76. The average Bonchev–Trinajstić information content (AvgIpc) is 3.31. The van der Waals surface area contributed by atoms with Crippen LogP contribution in [0.25, 0.3) is 0 Å². The zero-order valence-corrected chi connectivity index (χ0v) is 18.2. The van der Waals surface area contributed by atoms with Gasteiger partial charge >= 0.3 is 0 Å². The van der Waals surface area contributed by atoms with Crippen molar-refractivity contribution in [1.82, 2.24) is 10.6 Å². The highest BCUT2D eigenvalue weighted by molar-refractivity contribution is 7.14. The molecule has 1 fully saturated rings. The van der Waals surface area contributed by atoms with E-state index in [0.29, 0.717) is 12.6 Å². The van der Waals surface area contributed by atoms with Crippen molar-refractivity contribution in [2.24, 2.45) is 4.99 Å². The summed E-state index contributed by atoms with van der Waals surface area (Å²) in [6, 6.07) is 12.8. The predicted octanol–water partition coefficient (Wildman–Crippen LogP) is 3.50. The Labute approximate surface area is 177 Å². The van der Waals surface area contributed by atoms with Gasteiger partial charge in [-0.2, -0.15) is 0 Å². The number of aliphatic imine (C=N–C) groups is 1. The molecule has 1 saturated heterocycles. The van der Waals surface area contributed by atoms with Crippen LogP contribution in [-0.4, -0.2) is 52.4 Å². The van der Waals surface area contributed by atoms with Crippen molar-refractivity contribution < 1.29 is 9.47 Å². The zero-order valence-electron chi connectivity index (χ0n) is 17.4. The minimum Gasteiger partial charge on any atom is -0.497 e. The second-order valence-corrected chi connectivity index (χ2v) is 8.04. The summed E-state index contributed by atoms with van der Waals surface area (Å²) in [6.45, 7) is 4.37. The number of guanidine groups is 1. The van der Waals surface area contributed by atoms with Crippen molar-refractivity contribution in [2.45, 2.75) is 31.9 Å². The third kappa shape index (κ3) is 6.94. The molecule has 29 heavy (non-hydrogen) atoms. The van der Waals surface area contributed by atoms with Gasteiger partial charge in [-0.3, -0.25) is 4.99 Å². The number of ether oxygens (including phenoxy) is 2. The molecule has 1 aliphatic rings. The lowest BCUT2D eigenvalue weighted by Crippen LogP contribution is -2.48. The predicted molar refractivity (Wildman–Crippen MR) is 121 cm³/mol.